The monoisotopic (exact) mass is 470 g/mol. The van der Waals surface area contributed by atoms with Crippen LogP contribution < -0.4 is 5.43 Å². The lowest BCUT2D eigenvalue weighted by molar-refractivity contribution is 0.0583. The third kappa shape index (κ3) is 4.30. The first-order valence-corrected chi connectivity index (χ1v) is 12.6. The molecule has 174 valence electrons. The highest BCUT2D eigenvalue weighted by Crippen LogP contribution is 2.34. The Hall–Kier alpha value is -3.04. The smallest absolute Gasteiger partial charge is 0.355 e. The number of sulfone groups is 1. The molecule has 0 aliphatic heterocycles. The first-order valence-electron chi connectivity index (χ1n) is 10.7. The van der Waals surface area contributed by atoms with Crippen LogP contribution in [0, 0.1) is 6.92 Å². The van der Waals surface area contributed by atoms with Crippen molar-refractivity contribution in [2.24, 2.45) is 0 Å². The number of nitrogens with zero attached hydrogens (tertiary/aromatic N) is 2. The summed E-state index contributed by atoms with van der Waals surface area (Å²) in [7, 11) is -2.32. The van der Waals surface area contributed by atoms with Crippen LogP contribution in [0.4, 0.5) is 0 Å². The summed E-state index contributed by atoms with van der Waals surface area (Å²) in [6.45, 7) is 1.80. The first-order chi connectivity index (χ1) is 15.6. The van der Waals surface area contributed by atoms with Gasteiger partial charge in [-0.3, -0.25) is 4.79 Å². The Bertz CT molecular complexity index is 1410. The van der Waals surface area contributed by atoms with E-state index in [0.717, 1.165) is 6.26 Å². The molecular weight excluding hydrogens is 444 g/mol. The Morgan fingerprint density at radius 2 is 1.94 bits per heavy atom. The molecule has 1 aromatic carbocycles. The SMILES string of the molecule is COC(=O)c1c(Cc2ccccc2S(C)(=O)=O)c(=O)c2ccc(C)nc2n1C1CCC(O)C1. The zero-order chi connectivity index (χ0) is 23.9. The van der Waals surface area contributed by atoms with Gasteiger partial charge in [-0.05, 0) is 49.9 Å². The van der Waals surface area contributed by atoms with Crippen LogP contribution in [0.2, 0.25) is 0 Å². The number of aliphatic hydroxyl groups excluding tert-OH is 1. The fourth-order valence-corrected chi connectivity index (χ4v) is 5.58. The maximum absolute atomic E-state index is 13.6. The zero-order valence-electron chi connectivity index (χ0n) is 18.7. The van der Waals surface area contributed by atoms with Crippen LogP contribution in [0.25, 0.3) is 11.0 Å². The minimum absolute atomic E-state index is 0.0514. The molecule has 0 bridgehead atoms. The van der Waals surface area contributed by atoms with Gasteiger partial charge in [-0.2, -0.15) is 0 Å². The van der Waals surface area contributed by atoms with E-state index in [0.29, 0.717) is 41.6 Å². The summed E-state index contributed by atoms with van der Waals surface area (Å²) in [5.74, 6) is -0.703. The number of hydrogen-bond acceptors (Lipinski definition) is 7. The standard InChI is InChI=1S/C24H26N2O6S/c1-14-8-11-18-22(28)19(12-15-6-4-5-7-20(15)33(3,30)31)21(24(29)32-2)26(23(18)25-14)16-9-10-17(27)13-16/h4-8,11,16-17,27H,9-10,12-13H2,1-3H3. The molecule has 2 unspecified atom stereocenters. The fraction of sp³-hybridized carbons (Fsp3) is 0.375. The third-order valence-electron chi connectivity index (χ3n) is 6.15. The molecule has 1 N–H and O–H groups in total. The summed E-state index contributed by atoms with van der Waals surface area (Å²) in [6.07, 6.45) is 2.12. The maximum Gasteiger partial charge on any atom is 0.355 e. The van der Waals surface area contributed by atoms with Gasteiger partial charge in [-0.1, -0.05) is 18.2 Å². The molecule has 0 saturated heterocycles. The number of ether oxygens (including phenoxy) is 1. The van der Waals surface area contributed by atoms with Crippen molar-refractivity contribution in [2.45, 2.75) is 49.6 Å². The van der Waals surface area contributed by atoms with E-state index in [2.05, 4.69) is 4.98 Å². The van der Waals surface area contributed by atoms with E-state index in [1.165, 1.54) is 13.2 Å². The molecule has 0 radical (unpaired) electrons. The van der Waals surface area contributed by atoms with Gasteiger partial charge in [-0.25, -0.2) is 18.2 Å². The minimum atomic E-state index is -3.56. The van der Waals surface area contributed by atoms with Crippen molar-refractivity contribution in [1.82, 2.24) is 9.55 Å². The predicted molar refractivity (Wildman–Crippen MR) is 123 cm³/mol. The number of fused-ring (bicyclic) bond motifs is 1. The Kier molecular flexibility index (Phi) is 6.11. The molecule has 2 aromatic heterocycles. The van der Waals surface area contributed by atoms with Crippen LogP contribution in [0.3, 0.4) is 0 Å². The number of pyridine rings is 2. The second-order valence-corrected chi connectivity index (χ2v) is 10.5. The normalized spacial score (nSPS) is 18.5. The van der Waals surface area contributed by atoms with Crippen LogP contribution in [-0.2, 0) is 21.0 Å². The van der Waals surface area contributed by atoms with Crippen LogP contribution in [-0.4, -0.2) is 48.5 Å². The molecule has 0 spiro atoms. The van der Waals surface area contributed by atoms with E-state index in [-0.39, 0.29) is 28.6 Å². The molecule has 2 atom stereocenters. The van der Waals surface area contributed by atoms with Gasteiger partial charge in [0.05, 0.1) is 23.5 Å². The lowest BCUT2D eigenvalue weighted by atomic mass is 9.99. The molecule has 1 fully saturated rings. The fourth-order valence-electron chi connectivity index (χ4n) is 4.63. The topological polar surface area (TPSA) is 116 Å². The van der Waals surface area contributed by atoms with Gasteiger partial charge in [-0.15, -0.1) is 0 Å². The molecule has 4 rings (SSSR count). The molecule has 8 nitrogen and oxygen atoms in total. The van der Waals surface area contributed by atoms with Crippen molar-refractivity contribution >= 4 is 26.8 Å². The summed E-state index contributed by atoms with van der Waals surface area (Å²) in [4.78, 5) is 31.3. The van der Waals surface area contributed by atoms with E-state index in [9.17, 15) is 23.1 Å². The first kappa shape index (κ1) is 23.1. The molecule has 3 aromatic rings. The number of carbonyl (C=O) groups is 1. The number of rotatable bonds is 5. The largest absolute Gasteiger partial charge is 0.464 e. The van der Waals surface area contributed by atoms with Crippen molar-refractivity contribution < 1.29 is 23.1 Å². The van der Waals surface area contributed by atoms with E-state index >= 15 is 0 Å². The lowest BCUT2D eigenvalue weighted by Crippen LogP contribution is -2.28. The van der Waals surface area contributed by atoms with Gasteiger partial charge in [0.1, 0.15) is 11.3 Å². The summed E-state index contributed by atoms with van der Waals surface area (Å²) >= 11 is 0. The molecule has 0 amide bonds. The van der Waals surface area contributed by atoms with E-state index < -0.39 is 27.3 Å². The zero-order valence-corrected chi connectivity index (χ0v) is 19.6. The van der Waals surface area contributed by atoms with Gasteiger partial charge in [0.15, 0.2) is 15.3 Å². The van der Waals surface area contributed by atoms with Gasteiger partial charge >= 0.3 is 5.97 Å². The second-order valence-electron chi connectivity index (χ2n) is 8.52. The highest BCUT2D eigenvalue weighted by Gasteiger charge is 2.32. The number of aliphatic hydroxyl groups is 1. The average Bonchev–Trinajstić information content (AvgIpc) is 3.20. The van der Waals surface area contributed by atoms with Gasteiger partial charge in [0, 0.05) is 30.0 Å². The molecule has 1 aliphatic carbocycles. The Morgan fingerprint density at radius 1 is 1.21 bits per heavy atom. The molecule has 1 aliphatic rings. The predicted octanol–water partition coefficient (Wildman–Crippen LogP) is 2.57. The van der Waals surface area contributed by atoms with E-state index in [1.54, 1.807) is 41.8 Å². The van der Waals surface area contributed by atoms with Crippen LogP contribution in [0.15, 0.2) is 46.1 Å². The van der Waals surface area contributed by atoms with Crippen molar-refractivity contribution in [2.75, 3.05) is 13.4 Å². The van der Waals surface area contributed by atoms with Gasteiger partial charge in [0.25, 0.3) is 0 Å². The lowest BCUT2D eigenvalue weighted by Gasteiger charge is -2.24. The number of aryl methyl sites for hydroxylation is 1. The highest BCUT2D eigenvalue weighted by atomic mass is 32.2. The summed E-state index contributed by atoms with van der Waals surface area (Å²) in [6, 6.07) is 9.58. The molecular formula is C24H26N2O6S. The maximum atomic E-state index is 13.6. The summed E-state index contributed by atoms with van der Waals surface area (Å²) < 4.78 is 31.5. The van der Waals surface area contributed by atoms with Crippen LogP contribution in [0.5, 0.6) is 0 Å². The Labute approximate surface area is 191 Å². The highest BCUT2D eigenvalue weighted by molar-refractivity contribution is 7.90. The Balaban J connectivity index is 2.07. The Morgan fingerprint density at radius 3 is 2.58 bits per heavy atom. The average molecular weight is 471 g/mol. The molecule has 2 heterocycles. The number of methoxy groups -OCH3 is 1. The third-order valence-corrected chi connectivity index (χ3v) is 7.35. The van der Waals surface area contributed by atoms with Crippen LogP contribution >= 0.6 is 0 Å². The van der Waals surface area contributed by atoms with Crippen molar-refractivity contribution in [1.29, 1.82) is 0 Å². The van der Waals surface area contributed by atoms with Crippen molar-refractivity contribution in [3.8, 4) is 0 Å². The molecule has 1 saturated carbocycles. The number of aromatic nitrogens is 2. The van der Waals surface area contributed by atoms with Gasteiger partial charge in [0.2, 0.25) is 0 Å². The van der Waals surface area contributed by atoms with E-state index in [1.807, 2.05) is 0 Å². The summed E-state index contributed by atoms with van der Waals surface area (Å²) in [5, 5.41) is 10.5. The quantitative estimate of drug-likeness (QED) is 0.570. The minimum Gasteiger partial charge on any atom is -0.464 e. The number of esters is 1. The van der Waals surface area contributed by atoms with Crippen molar-refractivity contribution in [3.63, 3.8) is 0 Å². The van der Waals surface area contributed by atoms with E-state index in [4.69, 9.17) is 4.74 Å². The second kappa shape index (κ2) is 8.72. The number of benzene rings is 1. The number of carbonyl (C=O) groups excluding carboxylic acids is 1. The molecule has 9 heteroatoms. The van der Waals surface area contributed by atoms with Crippen LogP contribution in [0.1, 0.15) is 52.6 Å². The summed E-state index contributed by atoms with van der Waals surface area (Å²) in [5.41, 5.74) is 1.27. The van der Waals surface area contributed by atoms with Gasteiger partial charge < -0.3 is 14.4 Å². The van der Waals surface area contributed by atoms with Crippen molar-refractivity contribution in [3.05, 3.63) is 69.1 Å². The molecule has 33 heavy (non-hydrogen) atoms. The number of hydrogen-bond donors (Lipinski definition) is 1.